The first-order valence-corrected chi connectivity index (χ1v) is 7.10. The van der Waals surface area contributed by atoms with Crippen LogP contribution in [0.1, 0.15) is 29.5 Å². The van der Waals surface area contributed by atoms with E-state index in [9.17, 15) is 0 Å². The van der Waals surface area contributed by atoms with Crippen molar-refractivity contribution in [2.45, 2.75) is 25.6 Å². The minimum atomic E-state index is 0.317. The molecule has 3 nitrogen and oxygen atoms in total. The van der Waals surface area contributed by atoms with Crippen molar-refractivity contribution in [1.29, 1.82) is 0 Å². The van der Waals surface area contributed by atoms with Crippen molar-refractivity contribution in [3.63, 3.8) is 0 Å². The van der Waals surface area contributed by atoms with Gasteiger partial charge in [0.1, 0.15) is 5.76 Å². The minimum Gasteiger partial charge on any atom is -0.497 e. The average molecular weight is 271 g/mol. The fourth-order valence-electron chi connectivity index (χ4n) is 3.27. The van der Waals surface area contributed by atoms with Gasteiger partial charge in [0.05, 0.1) is 19.8 Å². The molecule has 1 fully saturated rings. The van der Waals surface area contributed by atoms with Crippen molar-refractivity contribution in [2.75, 3.05) is 20.2 Å². The van der Waals surface area contributed by atoms with Crippen LogP contribution < -0.4 is 5.32 Å². The number of benzene rings is 1. The van der Waals surface area contributed by atoms with Crippen LogP contribution in [0.15, 0.2) is 36.6 Å². The van der Waals surface area contributed by atoms with Gasteiger partial charge in [-0.15, -0.1) is 0 Å². The van der Waals surface area contributed by atoms with Gasteiger partial charge < -0.3 is 14.8 Å². The number of rotatable bonds is 3. The lowest BCUT2D eigenvalue weighted by Crippen LogP contribution is -2.27. The van der Waals surface area contributed by atoms with Gasteiger partial charge in [-0.2, -0.15) is 0 Å². The first-order chi connectivity index (χ1) is 9.76. The third-order valence-corrected chi connectivity index (χ3v) is 4.34. The third kappa shape index (κ3) is 2.07. The quantitative estimate of drug-likeness (QED) is 0.677. The van der Waals surface area contributed by atoms with Gasteiger partial charge in [0, 0.05) is 24.6 Å². The van der Waals surface area contributed by atoms with Gasteiger partial charge in [0.25, 0.3) is 0 Å². The Morgan fingerprint density at radius 2 is 2.30 bits per heavy atom. The van der Waals surface area contributed by atoms with Gasteiger partial charge in [-0.05, 0) is 23.6 Å². The highest BCUT2D eigenvalue weighted by molar-refractivity contribution is 5.79. The molecule has 0 radical (unpaired) electrons. The molecule has 0 saturated carbocycles. The minimum absolute atomic E-state index is 0.317. The Labute approximate surface area is 120 Å². The third-order valence-electron chi connectivity index (χ3n) is 4.34. The summed E-state index contributed by atoms with van der Waals surface area (Å²) in [5, 5.41) is 3.42. The highest BCUT2D eigenvalue weighted by Gasteiger charge is 2.35. The standard InChI is InChI=1S/C17H21NO2/c1-4-12(11(2)19-3)13-6-5-7-14-15-8-18-9-17(15)20-10-16(13)14/h4-7,15,17-18H,2,8-10H2,1,3H3/b12-4+/t15-,17-/m0/s1. The number of allylic oxidation sites excluding steroid dienone is 2. The van der Waals surface area contributed by atoms with Crippen LogP contribution in [0.5, 0.6) is 0 Å². The van der Waals surface area contributed by atoms with E-state index in [2.05, 4.69) is 36.2 Å². The Bertz CT molecular complexity index is 562. The molecule has 0 aliphatic carbocycles. The molecule has 1 aromatic carbocycles. The lowest BCUT2D eigenvalue weighted by atomic mass is 9.85. The van der Waals surface area contributed by atoms with Gasteiger partial charge >= 0.3 is 0 Å². The predicted octanol–water partition coefficient (Wildman–Crippen LogP) is 2.84. The molecule has 1 saturated heterocycles. The van der Waals surface area contributed by atoms with Crippen LogP contribution in [0.2, 0.25) is 0 Å². The molecular formula is C17H21NO2. The smallest absolute Gasteiger partial charge is 0.119 e. The highest BCUT2D eigenvalue weighted by Crippen LogP contribution is 2.38. The van der Waals surface area contributed by atoms with Gasteiger partial charge in [-0.3, -0.25) is 0 Å². The van der Waals surface area contributed by atoms with E-state index in [1.54, 1.807) is 7.11 Å². The zero-order valence-corrected chi connectivity index (χ0v) is 12.1. The molecule has 2 atom stereocenters. The van der Waals surface area contributed by atoms with Crippen molar-refractivity contribution in [3.05, 3.63) is 53.3 Å². The summed E-state index contributed by atoms with van der Waals surface area (Å²) >= 11 is 0. The predicted molar refractivity (Wildman–Crippen MR) is 80.4 cm³/mol. The molecule has 2 heterocycles. The normalized spacial score (nSPS) is 25.0. The largest absolute Gasteiger partial charge is 0.497 e. The zero-order valence-electron chi connectivity index (χ0n) is 12.1. The highest BCUT2D eigenvalue weighted by atomic mass is 16.5. The summed E-state index contributed by atoms with van der Waals surface area (Å²) in [7, 11) is 1.66. The molecule has 1 aromatic rings. The summed E-state index contributed by atoms with van der Waals surface area (Å²) in [6, 6.07) is 6.49. The van der Waals surface area contributed by atoms with Crippen LogP contribution in [0, 0.1) is 0 Å². The molecule has 0 aromatic heterocycles. The molecule has 106 valence electrons. The Morgan fingerprint density at radius 1 is 1.45 bits per heavy atom. The summed E-state index contributed by atoms with van der Waals surface area (Å²) < 4.78 is 11.3. The second-order valence-electron chi connectivity index (χ2n) is 5.32. The molecule has 0 unspecified atom stereocenters. The summed E-state index contributed by atoms with van der Waals surface area (Å²) in [4.78, 5) is 0. The van der Waals surface area contributed by atoms with E-state index in [1.165, 1.54) is 16.7 Å². The van der Waals surface area contributed by atoms with Crippen LogP contribution in [-0.2, 0) is 16.1 Å². The van der Waals surface area contributed by atoms with E-state index in [0.717, 1.165) is 18.7 Å². The van der Waals surface area contributed by atoms with E-state index < -0.39 is 0 Å². The zero-order chi connectivity index (χ0) is 14.1. The van der Waals surface area contributed by atoms with E-state index in [1.807, 2.05) is 6.92 Å². The van der Waals surface area contributed by atoms with Crippen molar-refractivity contribution < 1.29 is 9.47 Å². The average Bonchev–Trinajstić information content (AvgIpc) is 2.96. The van der Waals surface area contributed by atoms with E-state index in [0.29, 0.717) is 24.4 Å². The van der Waals surface area contributed by atoms with Crippen LogP contribution >= 0.6 is 0 Å². The number of hydrogen-bond acceptors (Lipinski definition) is 3. The van der Waals surface area contributed by atoms with Gasteiger partial charge in [0.2, 0.25) is 0 Å². The first-order valence-electron chi connectivity index (χ1n) is 7.10. The lowest BCUT2D eigenvalue weighted by Gasteiger charge is -2.30. The van der Waals surface area contributed by atoms with Gasteiger partial charge in [-0.25, -0.2) is 0 Å². The van der Waals surface area contributed by atoms with E-state index in [4.69, 9.17) is 9.47 Å². The molecular weight excluding hydrogens is 250 g/mol. The number of fused-ring (bicyclic) bond motifs is 3. The Hall–Kier alpha value is -1.58. The van der Waals surface area contributed by atoms with Crippen molar-refractivity contribution in [3.8, 4) is 0 Å². The summed E-state index contributed by atoms with van der Waals surface area (Å²) in [5.74, 6) is 1.17. The molecule has 2 aliphatic rings. The van der Waals surface area contributed by atoms with E-state index >= 15 is 0 Å². The molecule has 0 bridgehead atoms. The number of methoxy groups -OCH3 is 1. The Balaban J connectivity index is 2.06. The molecule has 2 aliphatic heterocycles. The fraction of sp³-hybridized carbons (Fsp3) is 0.412. The Morgan fingerprint density at radius 3 is 3.05 bits per heavy atom. The molecule has 20 heavy (non-hydrogen) atoms. The maximum atomic E-state index is 6.02. The van der Waals surface area contributed by atoms with Crippen molar-refractivity contribution >= 4 is 5.57 Å². The lowest BCUT2D eigenvalue weighted by molar-refractivity contribution is 0.0298. The number of nitrogens with one attached hydrogen (secondary N) is 1. The monoisotopic (exact) mass is 271 g/mol. The van der Waals surface area contributed by atoms with Gasteiger partial charge in [0.15, 0.2) is 0 Å². The Kier molecular flexibility index (Phi) is 3.64. The maximum Gasteiger partial charge on any atom is 0.119 e. The van der Waals surface area contributed by atoms with Crippen molar-refractivity contribution in [2.24, 2.45) is 0 Å². The van der Waals surface area contributed by atoms with Crippen LogP contribution in [0.25, 0.3) is 5.57 Å². The second-order valence-corrected chi connectivity index (χ2v) is 5.32. The van der Waals surface area contributed by atoms with Gasteiger partial charge in [-0.1, -0.05) is 30.9 Å². The summed E-state index contributed by atoms with van der Waals surface area (Å²) in [6.45, 7) is 8.63. The van der Waals surface area contributed by atoms with Crippen LogP contribution in [0.3, 0.4) is 0 Å². The SMILES string of the molecule is C=C(OC)/C(=C\C)c1cccc2c1CO[C@H]1CNC[C@@H]21. The second kappa shape index (κ2) is 5.43. The topological polar surface area (TPSA) is 30.5 Å². The van der Waals surface area contributed by atoms with Crippen LogP contribution in [-0.4, -0.2) is 26.3 Å². The first kappa shape index (κ1) is 13.4. The van der Waals surface area contributed by atoms with Crippen molar-refractivity contribution in [1.82, 2.24) is 5.32 Å². The molecule has 3 heteroatoms. The number of hydrogen-bond donors (Lipinski definition) is 1. The molecule has 0 spiro atoms. The van der Waals surface area contributed by atoms with Crippen LogP contribution in [0.4, 0.5) is 0 Å². The summed E-state index contributed by atoms with van der Waals surface area (Å²) in [6.07, 6.45) is 2.37. The van der Waals surface area contributed by atoms with E-state index in [-0.39, 0.29) is 0 Å². The summed E-state index contributed by atoms with van der Waals surface area (Å²) in [5.41, 5.74) is 4.93. The molecule has 3 rings (SSSR count). The number of ether oxygens (including phenoxy) is 2. The molecule has 1 N–H and O–H groups in total. The fourth-order valence-corrected chi connectivity index (χ4v) is 3.27. The molecule has 0 amide bonds. The maximum absolute atomic E-state index is 6.02.